The van der Waals surface area contributed by atoms with Gasteiger partial charge in [0.25, 0.3) is 0 Å². The first-order chi connectivity index (χ1) is 16.7. The molecule has 0 unspecified atom stereocenters. The van der Waals surface area contributed by atoms with Crippen molar-refractivity contribution in [2.45, 2.75) is 31.5 Å². The third-order valence-electron chi connectivity index (χ3n) is 6.25. The number of pyridine rings is 1. The van der Waals surface area contributed by atoms with Gasteiger partial charge < -0.3 is 19.1 Å². The molecule has 2 aromatic heterocycles. The van der Waals surface area contributed by atoms with Crippen LogP contribution in [0.1, 0.15) is 29.8 Å². The molecule has 0 aliphatic carbocycles. The largest absolute Gasteiger partial charge is 0.489 e. The molecule has 174 valence electrons. The van der Waals surface area contributed by atoms with Gasteiger partial charge in [-0.15, -0.1) is 0 Å². The van der Waals surface area contributed by atoms with Crippen molar-refractivity contribution in [3.63, 3.8) is 0 Å². The van der Waals surface area contributed by atoms with Crippen LogP contribution in [0.25, 0.3) is 11.3 Å². The average Bonchev–Trinajstić information content (AvgIpc) is 2.85. The highest BCUT2D eigenvalue weighted by Gasteiger charge is 2.26. The van der Waals surface area contributed by atoms with Crippen LogP contribution in [0.5, 0.6) is 5.75 Å². The normalized spacial score (nSPS) is 16.6. The van der Waals surface area contributed by atoms with Crippen LogP contribution in [0.4, 0.5) is 5.69 Å². The third kappa shape index (κ3) is 5.01. The summed E-state index contributed by atoms with van der Waals surface area (Å²) in [5, 5.41) is 9.69. The van der Waals surface area contributed by atoms with Crippen molar-refractivity contribution in [2.75, 3.05) is 38.3 Å². The van der Waals surface area contributed by atoms with Crippen LogP contribution in [0.15, 0.2) is 48.9 Å². The lowest BCUT2D eigenvalue weighted by molar-refractivity contribution is 0.0254. The Labute approximate surface area is 199 Å². The van der Waals surface area contributed by atoms with Crippen LogP contribution in [0, 0.1) is 11.3 Å². The Morgan fingerprint density at radius 3 is 2.76 bits per heavy atom. The SMILES string of the molecule is COC1CN(c2cncc(Cc3nccc(-c4ccc(OC5CCOCC5)c(C#N)c4)n3)c2)C1. The van der Waals surface area contributed by atoms with E-state index in [9.17, 15) is 5.26 Å². The monoisotopic (exact) mass is 457 g/mol. The molecule has 2 fully saturated rings. The zero-order chi connectivity index (χ0) is 23.3. The molecule has 2 aliphatic heterocycles. The quantitative estimate of drug-likeness (QED) is 0.533. The van der Waals surface area contributed by atoms with E-state index in [0.29, 0.717) is 36.8 Å². The first-order valence-corrected chi connectivity index (χ1v) is 11.5. The molecule has 1 aromatic carbocycles. The highest BCUT2D eigenvalue weighted by Crippen LogP contribution is 2.28. The summed E-state index contributed by atoms with van der Waals surface area (Å²) in [6.07, 6.45) is 8.10. The third-order valence-corrected chi connectivity index (χ3v) is 6.25. The highest BCUT2D eigenvalue weighted by atomic mass is 16.5. The number of aromatic nitrogens is 3. The summed E-state index contributed by atoms with van der Waals surface area (Å²) in [7, 11) is 1.74. The number of anilines is 1. The van der Waals surface area contributed by atoms with E-state index in [1.165, 1.54) is 0 Å². The number of nitrogens with zero attached hydrogens (tertiary/aromatic N) is 5. The molecular formula is C26H27N5O3. The number of hydrogen-bond acceptors (Lipinski definition) is 8. The van der Waals surface area contributed by atoms with Gasteiger partial charge in [-0.2, -0.15) is 5.26 Å². The Balaban J connectivity index is 1.31. The molecule has 0 atom stereocenters. The maximum Gasteiger partial charge on any atom is 0.137 e. The van der Waals surface area contributed by atoms with Crippen molar-refractivity contribution < 1.29 is 14.2 Å². The van der Waals surface area contributed by atoms with Crippen LogP contribution in [0.2, 0.25) is 0 Å². The van der Waals surface area contributed by atoms with Crippen LogP contribution in [-0.2, 0) is 15.9 Å². The zero-order valence-corrected chi connectivity index (χ0v) is 19.2. The standard InChI is InChI=1S/C26H27N5O3/c1-32-23-16-31(17-23)21-10-18(14-28-15-21)11-26-29-7-4-24(30-26)19-2-3-25(20(12-19)13-27)34-22-5-8-33-9-6-22/h2-4,7,10,12,14-15,22-23H,5-6,8-9,11,16-17H2,1H3. The maximum absolute atomic E-state index is 9.69. The molecule has 34 heavy (non-hydrogen) atoms. The predicted molar refractivity (Wildman–Crippen MR) is 127 cm³/mol. The van der Waals surface area contributed by atoms with Crippen molar-refractivity contribution in [2.24, 2.45) is 0 Å². The second-order valence-corrected chi connectivity index (χ2v) is 8.60. The first-order valence-electron chi connectivity index (χ1n) is 11.5. The van der Waals surface area contributed by atoms with E-state index in [4.69, 9.17) is 19.2 Å². The van der Waals surface area contributed by atoms with Crippen LogP contribution < -0.4 is 9.64 Å². The minimum atomic E-state index is 0.0818. The molecule has 8 nitrogen and oxygen atoms in total. The van der Waals surface area contributed by atoms with Gasteiger partial charge in [-0.3, -0.25) is 4.98 Å². The maximum atomic E-state index is 9.69. The Morgan fingerprint density at radius 2 is 1.97 bits per heavy atom. The average molecular weight is 458 g/mol. The minimum Gasteiger partial charge on any atom is -0.489 e. The molecule has 4 heterocycles. The molecule has 0 radical (unpaired) electrons. The Morgan fingerprint density at radius 1 is 1.12 bits per heavy atom. The van der Waals surface area contributed by atoms with Gasteiger partial charge in [-0.05, 0) is 35.9 Å². The van der Waals surface area contributed by atoms with Crippen molar-refractivity contribution >= 4 is 5.69 Å². The smallest absolute Gasteiger partial charge is 0.137 e. The predicted octanol–water partition coefficient (Wildman–Crippen LogP) is 3.39. The fourth-order valence-corrected chi connectivity index (χ4v) is 4.22. The molecule has 0 spiro atoms. The number of benzene rings is 1. The number of methoxy groups -OCH3 is 1. The highest BCUT2D eigenvalue weighted by molar-refractivity contribution is 5.64. The van der Waals surface area contributed by atoms with Gasteiger partial charge in [0.2, 0.25) is 0 Å². The van der Waals surface area contributed by atoms with Crippen LogP contribution in [-0.4, -0.2) is 60.6 Å². The fourth-order valence-electron chi connectivity index (χ4n) is 4.22. The fraction of sp³-hybridized carbons (Fsp3) is 0.385. The topological polar surface area (TPSA) is 93.4 Å². The van der Waals surface area contributed by atoms with Gasteiger partial charge >= 0.3 is 0 Å². The number of hydrogen-bond donors (Lipinski definition) is 0. The van der Waals surface area contributed by atoms with Crippen LogP contribution >= 0.6 is 0 Å². The molecule has 0 amide bonds. The summed E-state index contributed by atoms with van der Waals surface area (Å²) in [5.74, 6) is 1.31. The summed E-state index contributed by atoms with van der Waals surface area (Å²) in [6.45, 7) is 3.14. The van der Waals surface area contributed by atoms with Gasteiger partial charge in [-0.25, -0.2) is 9.97 Å². The molecule has 2 saturated heterocycles. The molecule has 8 heteroatoms. The van der Waals surface area contributed by atoms with E-state index in [1.54, 1.807) is 13.3 Å². The van der Waals surface area contributed by atoms with Gasteiger partial charge in [0.05, 0.1) is 42.5 Å². The van der Waals surface area contributed by atoms with Crippen molar-refractivity contribution in [1.29, 1.82) is 5.26 Å². The van der Waals surface area contributed by atoms with E-state index >= 15 is 0 Å². The van der Waals surface area contributed by atoms with Gasteiger partial charge in [0.15, 0.2) is 0 Å². The van der Waals surface area contributed by atoms with Gasteiger partial charge in [-0.1, -0.05) is 0 Å². The Bertz CT molecular complexity index is 1180. The van der Waals surface area contributed by atoms with E-state index < -0.39 is 0 Å². The lowest BCUT2D eigenvalue weighted by atomic mass is 10.1. The molecule has 0 saturated carbocycles. The summed E-state index contributed by atoms with van der Waals surface area (Å²) in [4.78, 5) is 15.9. The number of ether oxygens (including phenoxy) is 3. The van der Waals surface area contributed by atoms with Crippen molar-refractivity contribution in [3.05, 3.63) is 65.9 Å². The molecule has 3 aromatic rings. The second kappa shape index (κ2) is 10.2. The van der Waals surface area contributed by atoms with E-state index in [-0.39, 0.29) is 12.2 Å². The summed E-state index contributed by atoms with van der Waals surface area (Å²) >= 11 is 0. The number of rotatable bonds is 7. The summed E-state index contributed by atoms with van der Waals surface area (Å²) in [5.41, 5.74) is 4.27. The molecule has 5 rings (SSSR count). The Kier molecular flexibility index (Phi) is 6.65. The lowest BCUT2D eigenvalue weighted by Gasteiger charge is -2.39. The first kappa shape index (κ1) is 22.3. The lowest BCUT2D eigenvalue weighted by Crippen LogP contribution is -2.51. The molecular weight excluding hydrogens is 430 g/mol. The molecule has 0 bridgehead atoms. The Hall–Kier alpha value is -3.54. The van der Waals surface area contributed by atoms with E-state index in [1.807, 2.05) is 36.7 Å². The van der Waals surface area contributed by atoms with E-state index in [0.717, 1.165) is 48.4 Å². The van der Waals surface area contributed by atoms with E-state index in [2.05, 4.69) is 27.0 Å². The van der Waals surface area contributed by atoms with Gasteiger partial charge in [0.1, 0.15) is 23.7 Å². The minimum absolute atomic E-state index is 0.0818. The van der Waals surface area contributed by atoms with Crippen LogP contribution in [0.3, 0.4) is 0 Å². The number of nitriles is 1. The van der Waals surface area contributed by atoms with Gasteiger partial charge in [0, 0.05) is 57.4 Å². The summed E-state index contributed by atoms with van der Waals surface area (Å²) in [6, 6.07) is 11.9. The summed E-state index contributed by atoms with van der Waals surface area (Å²) < 4.78 is 16.8. The zero-order valence-electron chi connectivity index (χ0n) is 19.2. The molecule has 2 aliphatic rings. The van der Waals surface area contributed by atoms with Crippen molar-refractivity contribution in [1.82, 2.24) is 15.0 Å². The second-order valence-electron chi connectivity index (χ2n) is 8.60. The molecule has 0 N–H and O–H groups in total. The van der Waals surface area contributed by atoms with Crippen molar-refractivity contribution in [3.8, 4) is 23.1 Å².